The zero-order valence-corrected chi connectivity index (χ0v) is 12.4. The van der Waals surface area contributed by atoms with Crippen LogP contribution in [0.2, 0.25) is 0 Å². The molecule has 0 aliphatic carbocycles. The molecule has 23 heavy (non-hydrogen) atoms. The number of nitrogens with zero attached hydrogens (tertiary/aromatic N) is 2. The zero-order chi connectivity index (χ0) is 16.7. The molecule has 0 aliphatic rings. The molecule has 10 nitrogen and oxygen atoms in total. The maximum absolute atomic E-state index is 8.52. The summed E-state index contributed by atoms with van der Waals surface area (Å²) in [5.74, 6) is 0. The molecule has 4 rings (SSSR count). The van der Waals surface area contributed by atoms with Crippen LogP contribution in [0.15, 0.2) is 48.5 Å². The Morgan fingerprint density at radius 1 is 0.783 bits per heavy atom. The fourth-order valence-corrected chi connectivity index (χ4v) is 1.65. The fraction of sp³-hybridized carbons (Fsp3) is 0. The highest BCUT2D eigenvalue weighted by Gasteiger charge is 2.00. The van der Waals surface area contributed by atoms with Gasteiger partial charge < -0.3 is 9.11 Å². The van der Waals surface area contributed by atoms with Crippen LogP contribution in [-0.2, 0) is 10.4 Å². The van der Waals surface area contributed by atoms with Crippen molar-refractivity contribution in [3.8, 4) is 0 Å². The van der Waals surface area contributed by atoms with E-state index in [1.165, 1.54) is 0 Å². The monoisotopic (exact) mass is 336 g/mol. The summed E-state index contributed by atoms with van der Waals surface area (Å²) >= 11 is 0. The normalized spacial score (nSPS) is 10.5. The van der Waals surface area contributed by atoms with E-state index in [0.29, 0.717) is 0 Å². The van der Waals surface area contributed by atoms with Gasteiger partial charge in [0, 0.05) is 20.6 Å². The molecule has 4 N–H and O–H groups in total. The third-order valence-corrected chi connectivity index (χ3v) is 2.54. The van der Waals surface area contributed by atoms with E-state index >= 15 is 0 Å². The van der Waals surface area contributed by atoms with Crippen molar-refractivity contribution < 1.29 is 27.7 Å². The van der Waals surface area contributed by atoms with Crippen LogP contribution in [0.4, 0.5) is 0 Å². The van der Waals surface area contributed by atoms with Gasteiger partial charge in [-0.3, -0.25) is 8.42 Å². The molecule has 0 fully saturated rings. The van der Waals surface area contributed by atoms with Gasteiger partial charge in [-0.25, -0.2) is 0 Å². The fourth-order valence-electron chi connectivity index (χ4n) is 1.65. The van der Waals surface area contributed by atoms with E-state index in [4.69, 9.17) is 17.5 Å². The molecule has 2 heterocycles. The molecule has 0 radical (unpaired) electrons. The average Bonchev–Trinajstić information content (AvgIpc) is 3.15. The summed E-state index contributed by atoms with van der Waals surface area (Å²) in [4.78, 5) is 0. The first kappa shape index (κ1) is 16.5. The van der Waals surface area contributed by atoms with Crippen LogP contribution in [0.5, 0.6) is 0 Å². The van der Waals surface area contributed by atoms with Gasteiger partial charge in [0.1, 0.15) is 0 Å². The van der Waals surface area contributed by atoms with Crippen molar-refractivity contribution in [1.82, 2.24) is 20.6 Å². The van der Waals surface area contributed by atoms with E-state index in [0.717, 1.165) is 22.1 Å². The van der Waals surface area contributed by atoms with Crippen LogP contribution < -0.4 is 10.2 Å². The third-order valence-electron chi connectivity index (χ3n) is 2.54. The third kappa shape index (κ3) is 5.78. The second-order valence-electron chi connectivity index (χ2n) is 4.14. The van der Waals surface area contributed by atoms with Crippen molar-refractivity contribution >= 4 is 32.5 Å². The standard InChI is InChI=1S/2C6H5N3.H2O4S/c2*1-2-4-6-5(3-1)7-9-8-6;1-5(2,3)4/h2*1-4H,(H,7,8,9);(H2,1,2,3,4). The number of H-pyrrole nitrogens is 4. The van der Waals surface area contributed by atoms with Gasteiger partial charge in [-0.1, -0.05) is 34.7 Å². The molecule has 0 spiro atoms. The number of benzene rings is 2. The smallest absolute Gasteiger partial charge is 0.248 e. The number of aromatic nitrogens is 6. The van der Waals surface area contributed by atoms with E-state index in [1.54, 1.807) is 0 Å². The molecule has 0 aliphatic heterocycles. The maximum atomic E-state index is 8.52. The summed E-state index contributed by atoms with van der Waals surface area (Å²) < 4.78 is 34.1. The molecule has 120 valence electrons. The number of fused-ring (bicyclic) bond motifs is 2. The van der Waals surface area contributed by atoms with Gasteiger partial charge in [0.05, 0.1) is 0 Å². The number of hydrogen-bond donors (Lipinski definition) is 2. The van der Waals surface area contributed by atoms with Gasteiger partial charge in [-0.05, 0) is 24.3 Å². The Bertz CT molecular complexity index is 847. The van der Waals surface area contributed by atoms with Crippen LogP contribution in [0, 0.1) is 0 Å². The Morgan fingerprint density at radius 2 is 1.13 bits per heavy atom. The van der Waals surface area contributed by atoms with Crippen molar-refractivity contribution in [3.63, 3.8) is 0 Å². The lowest BCUT2D eigenvalue weighted by Crippen LogP contribution is -2.00. The molecule has 0 atom stereocenters. The summed E-state index contributed by atoms with van der Waals surface area (Å²) in [7, 11) is -5.17. The first-order valence-corrected chi connectivity index (χ1v) is 7.55. The van der Waals surface area contributed by atoms with Crippen molar-refractivity contribution in [2.24, 2.45) is 0 Å². The molecule has 0 amide bonds. The molecule has 4 aromatic rings. The number of para-hydroxylation sites is 4. The van der Waals surface area contributed by atoms with Gasteiger partial charge in [0.15, 0.2) is 11.0 Å². The van der Waals surface area contributed by atoms with E-state index < -0.39 is 10.4 Å². The van der Waals surface area contributed by atoms with Crippen LogP contribution in [0.3, 0.4) is 0 Å². The maximum Gasteiger partial charge on any atom is 0.248 e. The van der Waals surface area contributed by atoms with Crippen molar-refractivity contribution in [1.29, 1.82) is 0 Å². The Kier molecular flexibility index (Phi) is 5.30. The lowest BCUT2D eigenvalue weighted by Gasteiger charge is -2.06. The lowest BCUT2D eigenvalue weighted by molar-refractivity contribution is -0.427. The number of hydrogen-bond acceptors (Lipinski definition) is 6. The van der Waals surface area contributed by atoms with E-state index in [9.17, 15) is 0 Å². The van der Waals surface area contributed by atoms with Crippen LogP contribution in [-0.4, -0.2) is 38.1 Å². The SMILES string of the molecule is O=S(=O)([O-])[O-].c1ccc2[nH+][nH]nc2c1.c1ccc2[nH+][nH]nc2c1. The van der Waals surface area contributed by atoms with Crippen molar-refractivity contribution in [2.75, 3.05) is 0 Å². The van der Waals surface area contributed by atoms with Crippen molar-refractivity contribution in [3.05, 3.63) is 48.5 Å². The first-order valence-electron chi connectivity index (χ1n) is 6.22. The summed E-state index contributed by atoms with van der Waals surface area (Å²) in [5.41, 5.74) is 4.02. The highest BCUT2D eigenvalue weighted by Crippen LogP contribution is 2.01. The van der Waals surface area contributed by atoms with Gasteiger partial charge in [-0.2, -0.15) is 10.2 Å². The number of nitrogens with one attached hydrogen (secondary N) is 4. The van der Waals surface area contributed by atoms with E-state index in [2.05, 4.69) is 30.8 Å². The van der Waals surface area contributed by atoms with Gasteiger partial charge >= 0.3 is 0 Å². The van der Waals surface area contributed by atoms with E-state index in [1.807, 2.05) is 48.5 Å². The summed E-state index contributed by atoms with van der Waals surface area (Å²) in [6.07, 6.45) is 0. The second kappa shape index (κ2) is 7.40. The molecule has 0 saturated heterocycles. The van der Waals surface area contributed by atoms with Crippen LogP contribution >= 0.6 is 0 Å². The number of rotatable bonds is 0. The quantitative estimate of drug-likeness (QED) is 0.322. The molecule has 0 bridgehead atoms. The minimum Gasteiger partial charge on any atom is -0.759 e. The highest BCUT2D eigenvalue weighted by molar-refractivity contribution is 7.79. The zero-order valence-electron chi connectivity index (χ0n) is 11.6. The Hall–Kier alpha value is -2.89. The first-order chi connectivity index (χ1) is 10.9. The number of aromatic amines is 4. The lowest BCUT2D eigenvalue weighted by atomic mass is 10.3. The molecule has 0 saturated carbocycles. The molecular formula is C12H12N6O4S. The topological polar surface area (TPSA) is 166 Å². The molecular weight excluding hydrogens is 324 g/mol. The molecule has 2 aromatic heterocycles. The predicted molar refractivity (Wildman–Crippen MR) is 75.8 cm³/mol. The van der Waals surface area contributed by atoms with Gasteiger partial charge in [0.25, 0.3) is 0 Å². The van der Waals surface area contributed by atoms with Crippen LogP contribution in [0.25, 0.3) is 22.1 Å². The summed E-state index contributed by atoms with van der Waals surface area (Å²) in [5, 5.41) is 19.0. The van der Waals surface area contributed by atoms with Gasteiger partial charge in [0.2, 0.25) is 11.0 Å². The van der Waals surface area contributed by atoms with Gasteiger partial charge in [-0.15, -0.1) is 0 Å². The Balaban J connectivity index is 0.000000132. The molecule has 2 aromatic carbocycles. The largest absolute Gasteiger partial charge is 0.759 e. The highest BCUT2D eigenvalue weighted by atomic mass is 32.3. The Morgan fingerprint density at radius 3 is 1.48 bits per heavy atom. The second-order valence-corrected chi connectivity index (χ2v) is 4.96. The summed E-state index contributed by atoms with van der Waals surface area (Å²) in [6, 6.07) is 15.7. The van der Waals surface area contributed by atoms with Crippen LogP contribution in [0.1, 0.15) is 0 Å². The average molecular weight is 336 g/mol. The summed E-state index contributed by atoms with van der Waals surface area (Å²) in [6.45, 7) is 0. The minimum atomic E-state index is -5.17. The minimum absolute atomic E-state index is 0.970. The predicted octanol–water partition coefficient (Wildman–Crippen LogP) is -0.584. The molecule has 0 unspecified atom stereocenters. The Labute approximate surface area is 130 Å². The van der Waals surface area contributed by atoms with Crippen molar-refractivity contribution in [2.45, 2.75) is 0 Å². The van der Waals surface area contributed by atoms with E-state index in [-0.39, 0.29) is 0 Å². The molecule has 11 heteroatoms.